The highest BCUT2D eigenvalue weighted by Gasteiger charge is 2.25. The summed E-state index contributed by atoms with van der Waals surface area (Å²) in [5, 5.41) is 11.9. The smallest absolute Gasteiger partial charge is 0.311 e. The molecule has 1 amide bonds. The minimum absolute atomic E-state index is 0.171. The summed E-state index contributed by atoms with van der Waals surface area (Å²) in [5.74, 6) is -0.0447. The maximum atomic E-state index is 12.8. The van der Waals surface area contributed by atoms with E-state index in [1.165, 1.54) is 12.1 Å². The van der Waals surface area contributed by atoms with E-state index in [9.17, 15) is 14.9 Å². The van der Waals surface area contributed by atoms with E-state index in [0.29, 0.717) is 43.4 Å². The number of benzene rings is 2. The summed E-state index contributed by atoms with van der Waals surface area (Å²) in [6, 6.07) is 11.9. The molecule has 3 rings (SSSR count). The lowest BCUT2D eigenvalue weighted by Crippen LogP contribution is -2.48. The Morgan fingerprint density at radius 3 is 2.56 bits per heavy atom. The lowest BCUT2D eigenvalue weighted by atomic mass is 10.1. The van der Waals surface area contributed by atoms with Crippen molar-refractivity contribution in [1.82, 2.24) is 4.90 Å². The molecule has 0 atom stereocenters. The van der Waals surface area contributed by atoms with Gasteiger partial charge in [-0.1, -0.05) is 17.7 Å². The van der Waals surface area contributed by atoms with Crippen LogP contribution in [0.3, 0.4) is 0 Å². The molecule has 7 nitrogen and oxygen atoms in total. The molecule has 142 valence electrons. The van der Waals surface area contributed by atoms with Gasteiger partial charge in [0.25, 0.3) is 5.91 Å². The quantitative estimate of drug-likeness (QED) is 0.576. The number of amides is 1. The van der Waals surface area contributed by atoms with Crippen LogP contribution in [0.4, 0.5) is 11.4 Å². The van der Waals surface area contributed by atoms with E-state index in [1.807, 2.05) is 24.3 Å². The largest absolute Gasteiger partial charge is 0.487 e. The second-order valence-electron chi connectivity index (χ2n) is 6.13. The number of nitrogens with zero attached hydrogens (tertiary/aromatic N) is 3. The zero-order valence-corrected chi connectivity index (χ0v) is 15.7. The number of hydrogen-bond acceptors (Lipinski definition) is 5. The van der Waals surface area contributed by atoms with Gasteiger partial charge in [-0.3, -0.25) is 14.9 Å². The maximum absolute atomic E-state index is 12.8. The van der Waals surface area contributed by atoms with Crippen LogP contribution in [-0.2, 0) is 0 Å². The Hall–Kier alpha value is -2.80. The van der Waals surface area contributed by atoms with Crippen molar-refractivity contribution in [2.24, 2.45) is 0 Å². The fourth-order valence-electron chi connectivity index (χ4n) is 3.09. The van der Waals surface area contributed by atoms with Gasteiger partial charge in [0.1, 0.15) is 0 Å². The van der Waals surface area contributed by atoms with Crippen molar-refractivity contribution in [3.63, 3.8) is 0 Å². The number of nitro groups is 1. The van der Waals surface area contributed by atoms with Gasteiger partial charge in [-0.05, 0) is 37.3 Å². The van der Waals surface area contributed by atoms with Gasteiger partial charge in [-0.15, -0.1) is 0 Å². The third kappa shape index (κ3) is 4.31. The number of anilines is 1. The molecule has 0 radical (unpaired) electrons. The number of nitro benzene ring substituents is 1. The first-order valence-corrected chi connectivity index (χ1v) is 9.08. The van der Waals surface area contributed by atoms with Crippen LogP contribution in [0.25, 0.3) is 0 Å². The van der Waals surface area contributed by atoms with Crippen molar-refractivity contribution in [3.8, 4) is 5.75 Å². The fourth-order valence-corrected chi connectivity index (χ4v) is 3.28. The third-order valence-corrected chi connectivity index (χ3v) is 4.68. The minimum Gasteiger partial charge on any atom is -0.487 e. The second-order valence-corrected chi connectivity index (χ2v) is 6.57. The van der Waals surface area contributed by atoms with Crippen LogP contribution < -0.4 is 9.64 Å². The van der Waals surface area contributed by atoms with Crippen LogP contribution in [-0.4, -0.2) is 48.5 Å². The van der Waals surface area contributed by atoms with E-state index in [1.54, 1.807) is 17.9 Å². The number of halogens is 1. The summed E-state index contributed by atoms with van der Waals surface area (Å²) in [6.45, 7) is 4.48. The molecule has 1 aliphatic rings. The number of ether oxygens (including phenoxy) is 1. The standard InChI is InChI=1S/C19H20ClN3O4/c1-2-27-18-7-6-14(12-17(18)23(25)26)19(24)22-10-8-21(9-11-22)16-5-3-4-15(20)13-16/h3-7,12-13H,2,8-11H2,1H3. The number of hydrogen-bond donors (Lipinski definition) is 0. The third-order valence-electron chi connectivity index (χ3n) is 4.44. The van der Waals surface area contributed by atoms with Crippen LogP contribution in [0.5, 0.6) is 5.75 Å². The van der Waals surface area contributed by atoms with E-state index < -0.39 is 4.92 Å². The van der Waals surface area contributed by atoms with Crippen molar-refractivity contribution in [3.05, 3.63) is 63.2 Å². The Morgan fingerprint density at radius 1 is 1.19 bits per heavy atom. The monoisotopic (exact) mass is 389 g/mol. The lowest BCUT2D eigenvalue weighted by Gasteiger charge is -2.36. The van der Waals surface area contributed by atoms with Gasteiger partial charge >= 0.3 is 5.69 Å². The van der Waals surface area contributed by atoms with E-state index >= 15 is 0 Å². The van der Waals surface area contributed by atoms with Gasteiger partial charge in [-0.2, -0.15) is 0 Å². The fraction of sp³-hybridized carbons (Fsp3) is 0.316. The predicted octanol–water partition coefficient (Wildman–Crippen LogP) is 3.61. The Kier molecular flexibility index (Phi) is 5.81. The topological polar surface area (TPSA) is 75.9 Å². The summed E-state index contributed by atoms with van der Waals surface area (Å²) in [5.41, 5.74) is 1.12. The first kappa shape index (κ1) is 19.0. The van der Waals surface area contributed by atoms with Crippen molar-refractivity contribution in [2.75, 3.05) is 37.7 Å². The van der Waals surface area contributed by atoms with E-state index in [2.05, 4.69) is 4.90 Å². The highest BCUT2D eigenvalue weighted by Crippen LogP contribution is 2.29. The zero-order valence-electron chi connectivity index (χ0n) is 14.9. The van der Waals surface area contributed by atoms with E-state index in [4.69, 9.17) is 16.3 Å². The Labute approximate surface area is 162 Å². The van der Waals surface area contributed by atoms with E-state index in [-0.39, 0.29) is 17.3 Å². The molecule has 2 aromatic carbocycles. The van der Waals surface area contributed by atoms with Crippen molar-refractivity contribution in [1.29, 1.82) is 0 Å². The molecule has 0 bridgehead atoms. The van der Waals surface area contributed by atoms with Gasteiger partial charge in [0.05, 0.1) is 11.5 Å². The van der Waals surface area contributed by atoms with Gasteiger partial charge in [-0.25, -0.2) is 0 Å². The zero-order chi connectivity index (χ0) is 19.4. The summed E-state index contributed by atoms with van der Waals surface area (Å²) in [7, 11) is 0. The van der Waals surface area contributed by atoms with Gasteiger partial charge in [0.2, 0.25) is 0 Å². The average Bonchev–Trinajstić information content (AvgIpc) is 2.68. The SMILES string of the molecule is CCOc1ccc(C(=O)N2CCN(c3cccc(Cl)c3)CC2)cc1[N+](=O)[O-]. The molecule has 1 heterocycles. The van der Waals surface area contributed by atoms with Gasteiger partial charge in [0, 0.05) is 48.5 Å². The summed E-state index contributed by atoms with van der Waals surface area (Å²) in [4.78, 5) is 27.4. The van der Waals surface area contributed by atoms with Gasteiger partial charge < -0.3 is 14.5 Å². The molecule has 1 saturated heterocycles. The van der Waals surface area contributed by atoms with Crippen LogP contribution in [0, 0.1) is 10.1 Å². The van der Waals surface area contributed by atoms with Crippen LogP contribution in [0.1, 0.15) is 17.3 Å². The second kappa shape index (κ2) is 8.26. The molecule has 0 aliphatic carbocycles. The first-order chi connectivity index (χ1) is 13.0. The molecule has 0 saturated carbocycles. The molecular weight excluding hydrogens is 370 g/mol. The van der Waals surface area contributed by atoms with Gasteiger partial charge in [0.15, 0.2) is 5.75 Å². The molecule has 8 heteroatoms. The highest BCUT2D eigenvalue weighted by molar-refractivity contribution is 6.30. The number of carbonyl (C=O) groups is 1. The summed E-state index contributed by atoms with van der Waals surface area (Å²) >= 11 is 6.04. The van der Waals surface area contributed by atoms with Crippen LogP contribution in [0.2, 0.25) is 5.02 Å². The van der Waals surface area contributed by atoms with Crippen LogP contribution in [0.15, 0.2) is 42.5 Å². The highest BCUT2D eigenvalue weighted by atomic mass is 35.5. The van der Waals surface area contributed by atoms with Crippen LogP contribution >= 0.6 is 11.6 Å². The molecular formula is C19H20ClN3O4. The number of rotatable bonds is 5. The van der Waals surface area contributed by atoms with E-state index in [0.717, 1.165) is 5.69 Å². The molecule has 0 unspecified atom stereocenters. The number of carbonyl (C=O) groups excluding carboxylic acids is 1. The Bertz CT molecular complexity index is 851. The summed E-state index contributed by atoms with van der Waals surface area (Å²) < 4.78 is 5.27. The maximum Gasteiger partial charge on any atom is 0.311 e. The minimum atomic E-state index is -0.529. The molecule has 1 fully saturated rings. The molecule has 27 heavy (non-hydrogen) atoms. The molecule has 0 spiro atoms. The molecule has 0 N–H and O–H groups in total. The predicted molar refractivity (Wildman–Crippen MR) is 104 cm³/mol. The van der Waals surface area contributed by atoms with Crippen molar-refractivity contribution < 1.29 is 14.5 Å². The molecule has 2 aromatic rings. The van der Waals surface area contributed by atoms with Crippen molar-refractivity contribution in [2.45, 2.75) is 6.92 Å². The summed E-state index contributed by atoms with van der Waals surface area (Å²) in [6.07, 6.45) is 0. The Morgan fingerprint density at radius 2 is 1.93 bits per heavy atom. The molecule has 0 aromatic heterocycles. The Balaban J connectivity index is 1.70. The lowest BCUT2D eigenvalue weighted by molar-refractivity contribution is -0.385. The first-order valence-electron chi connectivity index (χ1n) is 8.70. The number of piperazine rings is 1. The molecule has 1 aliphatic heterocycles. The van der Waals surface area contributed by atoms with Crippen molar-refractivity contribution >= 4 is 28.9 Å². The average molecular weight is 390 g/mol. The normalized spacial score (nSPS) is 14.1.